The summed E-state index contributed by atoms with van der Waals surface area (Å²) in [7, 11) is 0. The van der Waals surface area contributed by atoms with Crippen LogP contribution >= 0.6 is 0 Å². The smallest absolute Gasteiger partial charge is 0.264 e. The quantitative estimate of drug-likeness (QED) is 0.782. The van der Waals surface area contributed by atoms with Crippen LogP contribution in [0.4, 0.5) is 0 Å². The minimum Gasteiger partial charge on any atom is -0.264 e. The molecular formula is C14H15N2O+. The first-order valence-electron chi connectivity index (χ1n) is 5.52. The van der Waals surface area contributed by atoms with Crippen molar-refractivity contribution in [3.05, 3.63) is 65.5 Å². The molecule has 3 heteroatoms. The van der Waals surface area contributed by atoms with Crippen LogP contribution in [0.2, 0.25) is 0 Å². The number of benzene rings is 1. The average Bonchev–Trinajstić information content (AvgIpc) is 2.35. The van der Waals surface area contributed by atoms with Crippen LogP contribution in [0, 0.1) is 13.8 Å². The van der Waals surface area contributed by atoms with Crippen molar-refractivity contribution in [1.29, 1.82) is 0 Å². The van der Waals surface area contributed by atoms with Crippen molar-refractivity contribution in [2.75, 3.05) is 5.43 Å². The molecule has 0 saturated heterocycles. The highest BCUT2D eigenvalue weighted by Gasteiger charge is 2.10. The van der Waals surface area contributed by atoms with E-state index < -0.39 is 0 Å². The van der Waals surface area contributed by atoms with Gasteiger partial charge in [0.25, 0.3) is 0 Å². The van der Waals surface area contributed by atoms with E-state index in [9.17, 15) is 4.79 Å². The lowest BCUT2D eigenvalue weighted by Gasteiger charge is -2.01. The molecule has 3 nitrogen and oxygen atoms in total. The summed E-state index contributed by atoms with van der Waals surface area (Å²) in [5.74, 6) is -0.112. The van der Waals surface area contributed by atoms with Gasteiger partial charge < -0.3 is 0 Å². The van der Waals surface area contributed by atoms with Crippen molar-refractivity contribution in [1.82, 2.24) is 0 Å². The molecule has 0 atom stereocenters. The summed E-state index contributed by atoms with van der Waals surface area (Å²) in [5, 5.41) is 0. The molecule has 1 aromatic carbocycles. The number of amides is 1. The molecule has 2 rings (SSSR count). The van der Waals surface area contributed by atoms with E-state index in [2.05, 4.69) is 5.43 Å². The van der Waals surface area contributed by atoms with E-state index in [-0.39, 0.29) is 5.91 Å². The highest BCUT2D eigenvalue weighted by atomic mass is 16.2. The van der Waals surface area contributed by atoms with E-state index in [0.29, 0.717) is 5.56 Å². The maximum atomic E-state index is 11.9. The van der Waals surface area contributed by atoms with E-state index >= 15 is 0 Å². The van der Waals surface area contributed by atoms with Crippen LogP contribution < -0.4 is 10.1 Å². The summed E-state index contributed by atoms with van der Waals surface area (Å²) < 4.78 is 1.68. The molecule has 0 bridgehead atoms. The lowest BCUT2D eigenvalue weighted by atomic mass is 10.2. The van der Waals surface area contributed by atoms with Crippen molar-refractivity contribution in [2.24, 2.45) is 0 Å². The molecule has 0 saturated carbocycles. The van der Waals surface area contributed by atoms with Gasteiger partial charge in [0.05, 0.1) is 0 Å². The Morgan fingerprint density at radius 2 is 1.76 bits per heavy atom. The van der Waals surface area contributed by atoms with Gasteiger partial charge in [0.1, 0.15) is 0 Å². The Labute approximate surface area is 101 Å². The van der Waals surface area contributed by atoms with E-state index in [1.807, 2.05) is 50.5 Å². The SMILES string of the molecule is Cc1cc[n+](NC(=O)c2ccccc2)cc1C. The Morgan fingerprint density at radius 1 is 1.06 bits per heavy atom. The number of nitrogens with one attached hydrogen (secondary N) is 1. The summed E-state index contributed by atoms with van der Waals surface area (Å²) >= 11 is 0. The summed E-state index contributed by atoms with van der Waals surface area (Å²) in [6.45, 7) is 4.05. The Morgan fingerprint density at radius 3 is 2.41 bits per heavy atom. The fourth-order valence-corrected chi connectivity index (χ4v) is 1.52. The maximum absolute atomic E-state index is 11.9. The molecule has 0 aliphatic carbocycles. The van der Waals surface area contributed by atoms with Crippen molar-refractivity contribution in [2.45, 2.75) is 13.8 Å². The molecule has 1 N–H and O–H groups in total. The van der Waals surface area contributed by atoms with Crippen LogP contribution in [0.5, 0.6) is 0 Å². The third-order valence-corrected chi connectivity index (χ3v) is 2.71. The summed E-state index contributed by atoms with van der Waals surface area (Å²) in [6.07, 6.45) is 3.74. The van der Waals surface area contributed by atoms with Crippen molar-refractivity contribution in [3.63, 3.8) is 0 Å². The normalized spacial score (nSPS) is 10.0. The third kappa shape index (κ3) is 2.69. The number of rotatable bonds is 2. The Bertz CT molecular complexity index is 535. The molecule has 17 heavy (non-hydrogen) atoms. The fourth-order valence-electron chi connectivity index (χ4n) is 1.52. The summed E-state index contributed by atoms with van der Waals surface area (Å²) in [6, 6.07) is 11.1. The van der Waals surface area contributed by atoms with Gasteiger partial charge in [0.15, 0.2) is 6.20 Å². The zero-order valence-electron chi connectivity index (χ0n) is 9.97. The van der Waals surface area contributed by atoms with Crippen LogP contribution in [0.15, 0.2) is 48.8 Å². The Kier molecular flexibility index (Phi) is 3.19. The van der Waals surface area contributed by atoms with Crippen LogP contribution in [0.3, 0.4) is 0 Å². The molecule has 2 aromatic rings. The van der Waals surface area contributed by atoms with Crippen LogP contribution in [-0.2, 0) is 0 Å². The lowest BCUT2D eigenvalue weighted by molar-refractivity contribution is -0.641. The van der Waals surface area contributed by atoms with Crippen molar-refractivity contribution < 1.29 is 9.47 Å². The first-order valence-corrected chi connectivity index (χ1v) is 5.52. The van der Waals surface area contributed by atoms with E-state index in [1.165, 1.54) is 5.56 Å². The zero-order chi connectivity index (χ0) is 12.3. The van der Waals surface area contributed by atoms with Gasteiger partial charge >= 0.3 is 5.91 Å². The second-order valence-corrected chi connectivity index (χ2v) is 4.03. The van der Waals surface area contributed by atoms with Crippen LogP contribution in [0.25, 0.3) is 0 Å². The standard InChI is InChI=1S/C14H14N2O/c1-11-8-9-16(10-12(11)2)15-14(17)13-6-4-3-5-7-13/h3-10H,1-2H3/p+1. The van der Waals surface area contributed by atoms with Gasteiger partial charge in [-0.05, 0) is 31.5 Å². The van der Waals surface area contributed by atoms with Gasteiger partial charge in [0, 0.05) is 17.2 Å². The fraction of sp³-hybridized carbons (Fsp3) is 0.143. The highest BCUT2D eigenvalue weighted by Crippen LogP contribution is 2.01. The molecule has 0 unspecified atom stereocenters. The van der Waals surface area contributed by atoms with Crippen LogP contribution in [0.1, 0.15) is 21.5 Å². The van der Waals surface area contributed by atoms with Gasteiger partial charge in [-0.2, -0.15) is 0 Å². The number of carbonyl (C=O) groups excluding carboxylic acids is 1. The number of aryl methyl sites for hydroxylation is 2. The monoisotopic (exact) mass is 227 g/mol. The second kappa shape index (κ2) is 4.78. The topological polar surface area (TPSA) is 33.0 Å². The Hall–Kier alpha value is -2.16. The number of carbonyl (C=O) groups is 1. The predicted molar refractivity (Wildman–Crippen MR) is 66.2 cm³/mol. The molecule has 86 valence electrons. The molecule has 1 aromatic heterocycles. The van der Waals surface area contributed by atoms with Crippen LogP contribution in [-0.4, -0.2) is 5.91 Å². The van der Waals surface area contributed by atoms with E-state index in [0.717, 1.165) is 5.56 Å². The largest absolute Gasteiger partial charge is 0.305 e. The average molecular weight is 227 g/mol. The number of nitrogens with zero attached hydrogens (tertiary/aromatic N) is 1. The molecule has 0 aliphatic heterocycles. The minimum absolute atomic E-state index is 0.112. The summed E-state index contributed by atoms with van der Waals surface area (Å²) in [5.41, 5.74) is 5.80. The van der Waals surface area contributed by atoms with Gasteiger partial charge in [-0.3, -0.25) is 4.79 Å². The van der Waals surface area contributed by atoms with Gasteiger partial charge in [-0.15, -0.1) is 5.43 Å². The van der Waals surface area contributed by atoms with Crippen molar-refractivity contribution in [3.8, 4) is 0 Å². The van der Waals surface area contributed by atoms with E-state index in [1.54, 1.807) is 16.8 Å². The molecule has 0 fully saturated rings. The molecule has 1 amide bonds. The number of hydrogen-bond donors (Lipinski definition) is 1. The maximum Gasteiger partial charge on any atom is 0.305 e. The van der Waals surface area contributed by atoms with Crippen molar-refractivity contribution >= 4 is 5.91 Å². The lowest BCUT2D eigenvalue weighted by Crippen LogP contribution is -2.48. The molecular weight excluding hydrogens is 212 g/mol. The zero-order valence-corrected chi connectivity index (χ0v) is 9.97. The first-order chi connectivity index (χ1) is 8.16. The second-order valence-electron chi connectivity index (χ2n) is 4.03. The number of pyridine rings is 1. The number of hydrogen-bond acceptors (Lipinski definition) is 1. The van der Waals surface area contributed by atoms with Gasteiger partial charge in [-0.1, -0.05) is 22.9 Å². The highest BCUT2D eigenvalue weighted by molar-refractivity contribution is 5.98. The van der Waals surface area contributed by atoms with Gasteiger partial charge in [0.2, 0.25) is 6.20 Å². The van der Waals surface area contributed by atoms with Gasteiger partial charge in [-0.25, -0.2) is 0 Å². The first kappa shape index (κ1) is 11.3. The summed E-state index contributed by atoms with van der Waals surface area (Å²) in [4.78, 5) is 11.9. The number of aromatic nitrogens is 1. The minimum atomic E-state index is -0.112. The third-order valence-electron chi connectivity index (χ3n) is 2.71. The molecule has 0 spiro atoms. The molecule has 0 aliphatic rings. The molecule has 0 radical (unpaired) electrons. The van der Waals surface area contributed by atoms with E-state index in [4.69, 9.17) is 0 Å². The molecule has 1 heterocycles. The predicted octanol–water partition coefficient (Wildman–Crippen LogP) is 1.97. The Balaban J connectivity index is 2.16.